The summed E-state index contributed by atoms with van der Waals surface area (Å²) in [6.45, 7) is 8.05. The molecule has 3 rings (SSSR count). The summed E-state index contributed by atoms with van der Waals surface area (Å²) < 4.78 is 13.6. The van der Waals surface area contributed by atoms with Crippen LogP contribution in [0.15, 0.2) is 30.7 Å². The molecular weight excluding hydrogens is 279 g/mol. The van der Waals surface area contributed by atoms with Crippen LogP contribution in [0.25, 0.3) is 5.82 Å². The molecule has 112 valence electrons. The van der Waals surface area contributed by atoms with Crippen molar-refractivity contribution in [3.8, 4) is 11.9 Å². The molecule has 0 amide bonds. The Morgan fingerprint density at radius 2 is 1.82 bits per heavy atom. The van der Waals surface area contributed by atoms with Crippen molar-refractivity contribution in [2.45, 2.75) is 38.9 Å². The molecule has 1 aliphatic heterocycles. The molecule has 6 nitrogen and oxygen atoms in total. The van der Waals surface area contributed by atoms with Gasteiger partial charge in [0, 0.05) is 24.1 Å². The van der Waals surface area contributed by atoms with Crippen LogP contribution in [0.2, 0.25) is 0 Å². The van der Waals surface area contributed by atoms with Crippen molar-refractivity contribution in [1.29, 1.82) is 5.26 Å². The zero-order valence-electron chi connectivity index (χ0n) is 13.1. The van der Waals surface area contributed by atoms with E-state index in [4.69, 9.17) is 14.6 Å². The molecule has 1 aliphatic rings. The molecule has 1 fully saturated rings. The molecular formula is C15H17BN4O2. The zero-order chi connectivity index (χ0) is 16.0. The average molecular weight is 296 g/mol. The van der Waals surface area contributed by atoms with Crippen LogP contribution in [-0.2, 0) is 9.31 Å². The summed E-state index contributed by atoms with van der Waals surface area (Å²) in [5.74, 6) is 0.641. The van der Waals surface area contributed by atoms with E-state index in [1.54, 1.807) is 23.0 Å². The lowest BCUT2D eigenvalue weighted by Gasteiger charge is -2.32. The van der Waals surface area contributed by atoms with Crippen LogP contribution in [0, 0.1) is 11.3 Å². The second-order valence-electron chi connectivity index (χ2n) is 6.32. The Balaban J connectivity index is 1.84. The van der Waals surface area contributed by atoms with Crippen molar-refractivity contribution in [2.75, 3.05) is 0 Å². The van der Waals surface area contributed by atoms with E-state index in [-0.39, 0.29) is 11.2 Å². The van der Waals surface area contributed by atoms with Crippen LogP contribution in [0.4, 0.5) is 0 Å². The SMILES string of the molecule is CC1(C)OB(c2cnn(-c3ccc(C#N)cn3)c2)OC1(C)C. The van der Waals surface area contributed by atoms with Crippen molar-refractivity contribution < 1.29 is 9.31 Å². The first-order chi connectivity index (χ1) is 10.3. The maximum Gasteiger partial charge on any atom is 0.498 e. The molecule has 7 heteroatoms. The van der Waals surface area contributed by atoms with Gasteiger partial charge in [-0.05, 0) is 39.8 Å². The van der Waals surface area contributed by atoms with Gasteiger partial charge in [0.2, 0.25) is 0 Å². The van der Waals surface area contributed by atoms with Gasteiger partial charge in [0.1, 0.15) is 6.07 Å². The molecule has 0 saturated carbocycles. The van der Waals surface area contributed by atoms with Gasteiger partial charge in [-0.2, -0.15) is 10.4 Å². The molecule has 3 heterocycles. The van der Waals surface area contributed by atoms with E-state index in [1.807, 2.05) is 40.0 Å². The number of pyridine rings is 1. The Kier molecular flexibility index (Phi) is 3.31. The van der Waals surface area contributed by atoms with Gasteiger partial charge in [-0.1, -0.05) is 0 Å². The van der Waals surface area contributed by atoms with Crippen LogP contribution in [-0.4, -0.2) is 33.1 Å². The predicted molar refractivity (Wildman–Crippen MR) is 81.8 cm³/mol. The van der Waals surface area contributed by atoms with Gasteiger partial charge < -0.3 is 9.31 Å². The molecule has 0 atom stereocenters. The zero-order valence-corrected chi connectivity index (χ0v) is 13.1. The van der Waals surface area contributed by atoms with Crippen LogP contribution in [0.5, 0.6) is 0 Å². The first-order valence-corrected chi connectivity index (χ1v) is 7.09. The summed E-state index contributed by atoms with van der Waals surface area (Å²) >= 11 is 0. The topological polar surface area (TPSA) is 73.0 Å². The first kappa shape index (κ1) is 14.8. The highest BCUT2D eigenvalue weighted by molar-refractivity contribution is 6.62. The minimum absolute atomic E-state index is 0.382. The molecule has 22 heavy (non-hydrogen) atoms. The third kappa shape index (κ3) is 2.41. The standard InChI is InChI=1S/C15H17BN4O2/c1-14(2)15(3,4)22-16(21-14)12-9-19-20(10-12)13-6-5-11(7-17)8-18-13/h5-6,8-10H,1-4H3. The van der Waals surface area contributed by atoms with Crippen molar-refractivity contribution in [3.63, 3.8) is 0 Å². The van der Waals surface area contributed by atoms with Crippen molar-refractivity contribution in [2.24, 2.45) is 0 Å². The van der Waals surface area contributed by atoms with E-state index < -0.39 is 7.12 Å². The Bertz CT molecular complexity index is 715. The molecule has 2 aromatic heterocycles. The highest BCUT2D eigenvalue weighted by Gasteiger charge is 2.52. The van der Waals surface area contributed by atoms with Gasteiger partial charge in [0.15, 0.2) is 5.82 Å². The summed E-state index contributed by atoms with van der Waals surface area (Å²) in [6, 6.07) is 5.50. The predicted octanol–water partition coefficient (Wildman–Crippen LogP) is 1.44. The van der Waals surface area contributed by atoms with Crippen LogP contribution >= 0.6 is 0 Å². The third-order valence-electron chi connectivity index (χ3n) is 4.24. The molecule has 0 N–H and O–H groups in total. The van der Waals surface area contributed by atoms with E-state index in [1.165, 1.54) is 6.20 Å². The summed E-state index contributed by atoms with van der Waals surface area (Å²) in [6.07, 6.45) is 5.06. The molecule has 0 unspecified atom stereocenters. The molecule has 0 radical (unpaired) electrons. The highest BCUT2D eigenvalue weighted by Crippen LogP contribution is 2.36. The number of nitriles is 1. The van der Waals surface area contributed by atoms with Crippen LogP contribution in [0.3, 0.4) is 0 Å². The van der Waals surface area contributed by atoms with Gasteiger partial charge in [0.05, 0.1) is 16.8 Å². The lowest BCUT2D eigenvalue weighted by molar-refractivity contribution is 0.00578. The minimum Gasteiger partial charge on any atom is -0.399 e. The second-order valence-corrected chi connectivity index (χ2v) is 6.32. The molecule has 2 aromatic rings. The van der Waals surface area contributed by atoms with Crippen LogP contribution < -0.4 is 5.46 Å². The largest absolute Gasteiger partial charge is 0.498 e. The fourth-order valence-corrected chi connectivity index (χ4v) is 2.15. The summed E-state index contributed by atoms with van der Waals surface area (Å²) in [7, 11) is -0.447. The summed E-state index contributed by atoms with van der Waals surface area (Å²) in [5.41, 5.74) is 0.589. The first-order valence-electron chi connectivity index (χ1n) is 7.09. The van der Waals surface area contributed by atoms with Crippen molar-refractivity contribution in [1.82, 2.24) is 14.8 Å². The van der Waals surface area contributed by atoms with Gasteiger partial charge >= 0.3 is 7.12 Å². The fourth-order valence-electron chi connectivity index (χ4n) is 2.15. The maximum atomic E-state index is 8.80. The van der Waals surface area contributed by atoms with Crippen molar-refractivity contribution >= 4 is 12.6 Å². The molecule has 1 saturated heterocycles. The van der Waals surface area contributed by atoms with E-state index in [0.717, 1.165) is 5.46 Å². The highest BCUT2D eigenvalue weighted by atomic mass is 16.7. The monoisotopic (exact) mass is 296 g/mol. The van der Waals surface area contributed by atoms with E-state index in [2.05, 4.69) is 10.1 Å². The Morgan fingerprint density at radius 1 is 1.14 bits per heavy atom. The van der Waals surface area contributed by atoms with Gasteiger partial charge in [0.25, 0.3) is 0 Å². The molecule has 0 aromatic carbocycles. The van der Waals surface area contributed by atoms with E-state index >= 15 is 0 Å². The normalized spacial score (nSPS) is 19.1. The van der Waals surface area contributed by atoms with Crippen molar-refractivity contribution in [3.05, 3.63) is 36.3 Å². The number of rotatable bonds is 2. The molecule has 0 bridgehead atoms. The number of aromatic nitrogens is 3. The van der Waals surface area contributed by atoms with E-state index in [0.29, 0.717) is 11.4 Å². The quantitative estimate of drug-likeness (QED) is 0.784. The number of hydrogen-bond acceptors (Lipinski definition) is 5. The Morgan fingerprint density at radius 3 is 2.36 bits per heavy atom. The average Bonchev–Trinajstić information content (AvgIpc) is 3.03. The molecule has 0 spiro atoms. The van der Waals surface area contributed by atoms with Crippen LogP contribution in [0.1, 0.15) is 33.3 Å². The smallest absolute Gasteiger partial charge is 0.399 e. The van der Waals surface area contributed by atoms with Gasteiger partial charge in [-0.15, -0.1) is 0 Å². The molecule has 0 aliphatic carbocycles. The van der Waals surface area contributed by atoms with Gasteiger partial charge in [-0.25, -0.2) is 9.67 Å². The number of nitrogens with zero attached hydrogens (tertiary/aromatic N) is 4. The second kappa shape index (κ2) is 4.94. The lowest BCUT2D eigenvalue weighted by atomic mass is 9.82. The fraction of sp³-hybridized carbons (Fsp3) is 0.400. The van der Waals surface area contributed by atoms with Gasteiger partial charge in [-0.3, -0.25) is 0 Å². The third-order valence-corrected chi connectivity index (χ3v) is 4.24. The Hall–Kier alpha value is -2.17. The number of hydrogen-bond donors (Lipinski definition) is 0. The summed E-state index contributed by atoms with van der Waals surface area (Å²) in [5, 5.41) is 13.1. The Labute approximate surface area is 129 Å². The summed E-state index contributed by atoms with van der Waals surface area (Å²) in [4.78, 5) is 4.21. The lowest BCUT2D eigenvalue weighted by Crippen LogP contribution is -2.41. The van der Waals surface area contributed by atoms with E-state index in [9.17, 15) is 0 Å². The maximum absolute atomic E-state index is 8.80. The minimum atomic E-state index is -0.447.